The Bertz CT molecular complexity index is 410. The first-order valence-corrected chi connectivity index (χ1v) is 4.88. The molecule has 1 aromatic heterocycles. The lowest BCUT2D eigenvalue weighted by Crippen LogP contribution is -2.18. The fraction of sp³-hybridized carbons (Fsp3) is 0.375. The maximum atomic E-state index is 12.5. The summed E-state index contributed by atoms with van der Waals surface area (Å²) in [5.74, 6) is -0.884. The van der Waals surface area contributed by atoms with Crippen LogP contribution < -0.4 is 4.74 Å². The molecule has 0 aromatic carbocycles. The normalized spacial score (nSPS) is 12.0. The van der Waals surface area contributed by atoms with Crippen molar-refractivity contribution in [2.45, 2.75) is 19.4 Å². The van der Waals surface area contributed by atoms with Crippen molar-refractivity contribution in [1.82, 2.24) is 4.98 Å². The third kappa shape index (κ3) is 3.77. The first kappa shape index (κ1) is 14.1. The number of rotatable bonds is 3. The second-order valence-electron chi connectivity index (χ2n) is 2.82. The Morgan fingerprint density at radius 2 is 2.00 bits per heavy atom. The van der Waals surface area contributed by atoms with E-state index in [1.54, 1.807) is 0 Å². The second kappa shape index (κ2) is 5.13. The molecule has 0 aliphatic carbocycles. The van der Waals surface area contributed by atoms with Crippen LogP contribution in [0.25, 0.3) is 0 Å². The lowest BCUT2D eigenvalue weighted by Gasteiger charge is -2.13. The highest BCUT2D eigenvalue weighted by molar-refractivity contribution is 9.10. The number of ether oxygens (including phenoxy) is 1. The van der Waals surface area contributed by atoms with Gasteiger partial charge in [-0.15, -0.1) is 13.2 Å². The first-order chi connectivity index (χ1) is 7.74. The molecule has 0 aliphatic rings. The van der Waals surface area contributed by atoms with Crippen LogP contribution in [-0.2, 0) is 6.61 Å². The Morgan fingerprint density at radius 1 is 1.41 bits per heavy atom. The molecule has 1 N–H and O–H groups in total. The highest BCUT2D eigenvalue weighted by Gasteiger charge is 2.33. The number of hydrogen-bond acceptors (Lipinski definition) is 3. The van der Waals surface area contributed by atoms with Gasteiger partial charge < -0.3 is 9.84 Å². The van der Waals surface area contributed by atoms with E-state index < -0.39 is 41.0 Å². The minimum Gasteiger partial charge on any atom is -0.403 e. The third-order valence-corrected chi connectivity index (χ3v) is 2.23. The number of halogens is 6. The van der Waals surface area contributed by atoms with Crippen LogP contribution in [0.3, 0.4) is 0 Å². The molecule has 0 saturated heterocycles. The van der Waals surface area contributed by atoms with Gasteiger partial charge in [-0.1, -0.05) is 0 Å². The maximum absolute atomic E-state index is 12.5. The molecule has 1 rings (SSSR count). The fourth-order valence-corrected chi connectivity index (χ4v) is 1.44. The molecular formula is C8H5BrF5NO2. The number of aliphatic hydroxyl groups is 1. The number of pyridine rings is 1. The third-order valence-electron chi connectivity index (χ3n) is 1.67. The molecule has 96 valence electrons. The van der Waals surface area contributed by atoms with Crippen molar-refractivity contribution in [2.75, 3.05) is 0 Å². The summed E-state index contributed by atoms with van der Waals surface area (Å²) in [7, 11) is 0. The predicted octanol–water partition coefficient (Wildman–Crippen LogP) is 3.17. The molecule has 1 aromatic rings. The Hall–Kier alpha value is -0.960. The van der Waals surface area contributed by atoms with Gasteiger partial charge >= 0.3 is 6.36 Å². The van der Waals surface area contributed by atoms with Crippen LogP contribution >= 0.6 is 15.9 Å². The summed E-state index contributed by atoms with van der Waals surface area (Å²) < 4.78 is 63.8. The lowest BCUT2D eigenvalue weighted by atomic mass is 10.2. The van der Waals surface area contributed by atoms with Gasteiger partial charge in [0.25, 0.3) is 6.43 Å². The van der Waals surface area contributed by atoms with Crippen molar-refractivity contribution in [1.29, 1.82) is 0 Å². The van der Waals surface area contributed by atoms with Gasteiger partial charge in [0.1, 0.15) is 4.60 Å². The second-order valence-corrected chi connectivity index (χ2v) is 3.57. The molecule has 0 unspecified atom stereocenters. The van der Waals surface area contributed by atoms with E-state index in [1.807, 2.05) is 0 Å². The van der Waals surface area contributed by atoms with Crippen molar-refractivity contribution >= 4 is 15.9 Å². The zero-order chi connectivity index (χ0) is 13.2. The van der Waals surface area contributed by atoms with Crippen LogP contribution in [0.1, 0.15) is 17.7 Å². The van der Waals surface area contributed by atoms with Crippen LogP contribution in [0.4, 0.5) is 22.0 Å². The van der Waals surface area contributed by atoms with E-state index in [0.29, 0.717) is 6.07 Å². The molecule has 0 atom stereocenters. The molecule has 0 saturated carbocycles. The summed E-state index contributed by atoms with van der Waals surface area (Å²) in [6.07, 6.45) is -8.07. The molecule has 0 aliphatic heterocycles. The Kier molecular flexibility index (Phi) is 4.26. The van der Waals surface area contributed by atoms with Crippen LogP contribution in [0.15, 0.2) is 10.7 Å². The zero-order valence-electron chi connectivity index (χ0n) is 7.93. The minimum absolute atomic E-state index is 0.414. The van der Waals surface area contributed by atoms with Crippen LogP contribution in [0, 0.1) is 0 Å². The van der Waals surface area contributed by atoms with E-state index in [0.717, 1.165) is 0 Å². The Balaban J connectivity index is 3.20. The molecule has 1 heterocycles. The molecule has 3 nitrogen and oxygen atoms in total. The number of aromatic nitrogens is 1. The summed E-state index contributed by atoms with van der Waals surface area (Å²) in [6, 6.07) is 0.487. The van der Waals surface area contributed by atoms with E-state index in [2.05, 4.69) is 25.7 Å². The number of nitrogens with zero attached hydrogens (tertiary/aromatic N) is 1. The first-order valence-electron chi connectivity index (χ1n) is 4.08. The minimum atomic E-state index is -5.01. The SMILES string of the molecule is OCc1nc(Br)c(OC(F)(F)F)cc1C(F)F. The highest BCUT2D eigenvalue weighted by Crippen LogP contribution is 2.34. The zero-order valence-corrected chi connectivity index (χ0v) is 9.52. The highest BCUT2D eigenvalue weighted by atomic mass is 79.9. The average molecular weight is 322 g/mol. The molecule has 0 amide bonds. The predicted molar refractivity (Wildman–Crippen MR) is 49.5 cm³/mol. The van der Waals surface area contributed by atoms with E-state index in [1.165, 1.54) is 0 Å². The topological polar surface area (TPSA) is 42.4 Å². The standard InChI is InChI=1S/C8H5BrF5NO2/c9-6-5(17-8(12,13)14)1-3(7(10)11)4(2-16)15-6/h1,7,16H,2H2. The van der Waals surface area contributed by atoms with Crippen LogP contribution in [0.2, 0.25) is 0 Å². The van der Waals surface area contributed by atoms with Gasteiger partial charge in [0, 0.05) is 5.56 Å². The average Bonchev–Trinajstić information content (AvgIpc) is 2.18. The molecule has 17 heavy (non-hydrogen) atoms. The van der Waals surface area contributed by atoms with E-state index in [-0.39, 0.29) is 0 Å². The van der Waals surface area contributed by atoms with E-state index in [9.17, 15) is 22.0 Å². The monoisotopic (exact) mass is 321 g/mol. The van der Waals surface area contributed by atoms with Gasteiger partial charge in [-0.2, -0.15) is 0 Å². The van der Waals surface area contributed by atoms with Gasteiger partial charge in [-0.05, 0) is 22.0 Å². The van der Waals surface area contributed by atoms with Gasteiger partial charge in [0.2, 0.25) is 0 Å². The van der Waals surface area contributed by atoms with Gasteiger partial charge in [0.15, 0.2) is 5.75 Å². The maximum Gasteiger partial charge on any atom is 0.573 e. The van der Waals surface area contributed by atoms with Crippen molar-refractivity contribution < 1.29 is 31.8 Å². The summed E-state index contributed by atoms with van der Waals surface area (Å²) in [6.45, 7) is -0.815. The largest absolute Gasteiger partial charge is 0.573 e. The number of aliphatic hydroxyl groups excluding tert-OH is 1. The van der Waals surface area contributed by atoms with Gasteiger partial charge in [0.05, 0.1) is 12.3 Å². The molecule has 0 bridgehead atoms. The summed E-state index contributed by atoms with van der Waals surface area (Å²) >= 11 is 2.63. The van der Waals surface area contributed by atoms with Crippen molar-refractivity contribution in [3.63, 3.8) is 0 Å². The quantitative estimate of drug-likeness (QED) is 0.687. The lowest BCUT2D eigenvalue weighted by molar-refractivity contribution is -0.275. The Labute approximate surface area is 100 Å². The van der Waals surface area contributed by atoms with Crippen molar-refractivity contribution in [3.8, 4) is 5.75 Å². The fourth-order valence-electron chi connectivity index (χ4n) is 1.03. The van der Waals surface area contributed by atoms with Crippen LogP contribution in [0.5, 0.6) is 5.75 Å². The number of alkyl halides is 5. The Morgan fingerprint density at radius 3 is 2.41 bits per heavy atom. The van der Waals surface area contributed by atoms with Crippen molar-refractivity contribution in [2.24, 2.45) is 0 Å². The van der Waals surface area contributed by atoms with Gasteiger partial charge in [-0.3, -0.25) is 0 Å². The van der Waals surface area contributed by atoms with Gasteiger partial charge in [-0.25, -0.2) is 13.8 Å². The summed E-state index contributed by atoms with van der Waals surface area (Å²) in [5.41, 5.74) is -1.23. The molecule has 0 fully saturated rings. The summed E-state index contributed by atoms with van der Waals surface area (Å²) in [4.78, 5) is 3.36. The molecule has 9 heteroatoms. The molecule has 0 radical (unpaired) electrons. The van der Waals surface area contributed by atoms with Crippen LogP contribution in [-0.4, -0.2) is 16.5 Å². The van der Waals surface area contributed by atoms with Crippen molar-refractivity contribution in [3.05, 3.63) is 21.9 Å². The van der Waals surface area contributed by atoms with E-state index >= 15 is 0 Å². The smallest absolute Gasteiger partial charge is 0.403 e. The summed E-state index contributed by atoms with van der Waals surface area (Å²) in [5, 5.41) is 8.74. The molecular weight excluding hydrogens is 317 g/mol. The molecule has 0 spiro atoms. The van der Waals surface area contributed by atoms with E-state index in [4.69, 9.17) is 5.11 Å². The number of hydrogen-bond donors (Lipinski definition) is 1.